The van der Waals surface area contributed by atoms with E-state index in [1.807, 2.05) is 62.4 Å². The summed E-state index contributed by atoms with van der Waals surface area (Å²) in [4.78, 5) is 2.41. The lowest BCUT2D eigenvalue weighted by Crippen LogP contribution is -2.18. The van der Waals surface area contributed by atoms with Crippen LogP contribution in [0.1, 0.15) is 27.8 Å². The van der Waals surface area contributed by atoms with Crippen LogP contribution in [-0.2, 0) is 10.0 Å². The number of nitrogens with one attached hydrogen (secondary N) is 1. The summed E-state index contributed by atoms with van der Waals surface area (Å²) in [5.41, 5.74) is 4.58. The molecule has 3 aromatic carbocycles. The van der Waals surface area contributed by atoms with Crippen molar-refractivity contribution < 1.29 is 8.42 Å². The van der Waals surface area contributed by atoms with E-state index in [1.54, 1.807) is 24.3 Å². The molecule has 0 amide bonds. The Morgan fingerprint density at radius 2 is 1.43 bits per heavy atom. The second-order valence-corrected chi connectivity index (χ2v) is 8.03. The van der Waals surface area contributed by atoms with Crippen molar-refractivity contribution in [3.63, 3.8) is 0 Å². The maximum atomic E-state index is 12.3. The molecule has 0 radical (unpaired) electrons. The van der Waals surface area contributed by atoms with Crippen LogP contribution in [0.3, 0.4) is 0 Å². The first-order chi connectivity index (χ1) is 13.4. The van der Waals surface area contributed by atoms with Crippen LogP contribution in [-0.4, -0.2) is 14.6 Å². The molecule has 0 unspecified atom stereocenters. The van der Waals surface area contributed by atoms with Crippen molar-refractivity contribution in [3.8, 4) is 11.8 Å². The van der Waals surface area contributed by atoms with Gasteiger partial charge in [0.1, 0.15) is 0 Å². The van der Waals surface area contributed by atoms with E-state index in [1.165, 1.54) is 11.8 Å². The van der Waals surface area contributed by atoms with Crippen LogP contribution in [0, 0.1) is 25.7 Å². The van der Waals surface area contributed by atoms with Gasteiger partial charge in [-0.15, -0.1) is 0 Å². The Balaban J connectivity index is 1.78. The lowest BCUT2D eigenvalue weighted by molar-refractivity contribution is 0.584. The molecule has 140 valence electrons. The van der Waals surface area contributed by atoms with Gasteiger partial charge in [-0.25, -0.2) is 4.83 Å². The minimum absolute atomic E-state index is 0.169. The van der Waals surface area contributed by atoms with Crippen LogP contribution < -0.4 is 4.83 Å². The fourth-order valence-electron chi connectivity index (χ4n) is 2.44. The fraction of sp³-hybridized carbons (Fsp3) is 0.0870. The first-order valence-corrected chi connectivity index (χ1v) is 10.2. The van der Waals surface area contributed by atoms with Gasteiger partial charge in [-0.3, -0.25) is 0 Å². The Morgan fingerprint density at radius 1 is 0.821 bits per heavy atom. The Labute approximate surface area is 166 Å². The molecule has 0 spiro atoms. The lowest BCUT2D eigenvalue weighted by atomic mass is 10.1. The molecule has 0 aliphatic carbocycles. The third-order valence-corrected chi connectivity index (χ3v) is 5.30. The molecular weight excluding hydrogens is 368 g/mol. The average Bonchev–Trinajstić information content (AvgIpc) is 2.69. The van der Waals surface area contributed by atoms with Crippen molar-refractivity contribution in [2.75, 3.05) is 0 Å². The summed E-state index contributed by atoms with van der Waals surface area (Å²) >= 11 is 0. The van der Waals surface area contributed by atoms with Gasteiger partial charge in [-0.05, 0) is 44.2 Å². The molecule has 3 aromatic rings. The number of benzene rings is 3. The van der Waals surface area contributed by atoms with E-state index in [4.69, 9.17) is 0 Å². The predicted molar refractivity (Wildman–Crippen MR) is 113 cm³/mol. The van der Waals surface area contributed by atoms with E-state index in [0.29, 0.717) is 0 Å². The number of aryl methyl sites for hydroxylation is 2. The Bertz CT molecular complexity index is 1150. The maximum Gasteiger partial charge on any atom is 0.276 e. The van der Waals surface area contributed by atoms with Gasteiger partial charge in [0.25, 0.3) is 10.0 Å². The number of hydrazone groups is 1. The highest BCUT2D eigenvalue weighted by atomic mass is 32.2. The Hall–Kier alpha value is -3.36. The van der Waals surface area contributed by atoms with E-state index in [0.717, 1.165) is 22.3 Å². The highest BCUT2D eigenvalue weighted by Crippen LogP contribution is 2.10. The van der Waals surface area contributed by atoms with Crippen LogP contribution in [0.5, 0.6) is 0 Å². The monoisotopic (exact) mass is 388 g/mol. The molecular formula is C23H20N2O2S. The first kappa shape index (κ1) is 19.4. The summed E-state index contributed by atoms with van der Waals surface area (Å²) in [6.07, 6.45) is 1.46. The van der Waals surface area contributed by atoms with E-state index in [9.17, 15) is 8.42 Å². The summed E-state index contributed by atoms with van der Waals surface area (Å²) in [5.74, 6) is 6.23. The molecule has 0 aliphatic rings. The number of hydrogen-bond donors (Lipinski definition) is 1. The first-order valence-electron chi connectivity index (χ1n) is 8.73. The number of sulfonamides is 1. The van der Waals surface area contributed by atoms with Crippen LogP contribution in [0.4, 0.5) is 0 Å². The molecule has 3 rings (SSSR count). The molecule has 0 fully saturated rings. The van der Waals surface area contributed by atoms with Crippen LogP contribution in [0.15, 0.2) is 82.8 Å². The molecule has 1 N–H and O–H groups in total. The molecule has 0 aromatic heterocycles. The standard InChI is InChI=1S/C23H20N2O2S/c1-18-7-11-20(12-8-18)13-14-21-5-3-4-6-22(21)17-24-25-28(26,27)23-15-9-19(2)10-16-23/h3-12,15-17,25H,1-2H3/b24-17+. The third-order valence-electron chi connectivity index (χ3n) is 4.06. The predicted octanol–water partition coefficient (Wildman–Crippen LogP) is 4.02. The van der Waals surface area contributed by atoms with Crippen molar-refractivity contribution in [2.24, 2.45) is 5.10 Å². The van der Waals surface area contributed by atoms with Crippen LogP contribution >= 0.6 is 0 Å². The summed E-state index contributed by atoms with van der Waals surface area (Å²) in [5, 5.41) is 3.91. The third kappa shape index (κ3) is 5.09. The molecule has 28 heavy (non-hydrogen) atoms. The molecule has 5 heteroatoms. The van der Waals surface area contributed by atoms with Crippen molar-refractivity contribution in [1.82, 2.24) is 4.83 Å². The molecule has 0 heterocycles. The second kappa shape index (κ2) is 8.55. The van der Waals surface area contributed by atoms with E-state index in [2.05, 4.69) is 21.8 Å². The minimum atomic E-state index is -3.70. The van der Waals surface area contributed by atoms with Gasteiger partial charge in [-0.2, -0.15) is 13.5 Å². The average molecular weight is 388 g/mol. The molecule has 0 aliphatic heterocycles. The zero-order valence-electron chi connectivity index (χ0n) is 15.7. The smallest absolute Gasteiger partial charge is 0.200 e. The van der Waals surface area contributed by atoms with Gasteiger partial charge in [0.05, 0.1) is 11.1 Å². The molecule has 0 bridgehead atoms. The van der Waals surface area contributed by atoms with Crippen molar-refractivity contribution in [2.45, 2.75) is 18.7 Å². The summed E-state index contributed by atoms with van der Waals surface area (Å²) < 4.78 is 24.6. The SMILES string of the molecule is Cc1ccc(C#Cc2ccccc2/C=N/NS(=O)(=O)c2ccc(C)cc2)cc1. The van der Waals surface area contributed by atoms with Gasteiger partial charge < -0.3 is 0 Å². The molecule has 0 saturated carbocycles. The number of hydrogen-bond acceptors (Lipinski definition) is 3. The zero-order chi connectivity index (χ0) is 20.0. The quantitative estimate of drug-likeness (QED) is 0.417. The van der Waals surface area contributed by atoms with Gasteiger partial charge >= 0.3 is 0 Å². The van der Waals surface area contributed by atoms with Gasteiger partial charge in [-0.1, -0.05) is 65.4 Å². The minimum Gasteiger partial charge on any atom is -0.200 e. The lowest BCUT2D eigenvalue weighted by Gasteiger charge is -2.04. The highest BCUT2D eigenvalue weighted by Gasteiger charge is 2.11. The largest absolute Gasteiger partial charge is 0.276 e. The number of rotatable bonds is 4. The normalized spacial score (nSPS) is 11.1. The van der Waals surface area contributed by atoms with Gasteiger partial charge in [0, 0.05) is 16.7 Å². The van der Waals surface area contributed by atoms with Crippen molar-refractivity contribution in [3.05, 3.63) is 101 Å². The van der Waals surface area contributed by atoms with Crippen LogP contribution in [0.2, 0.25) is 0 Å². The summed E-state index contributed by atoms with van der Waals surface area (Å²) in [7, 11) is -3.70. The summed E-state index contributed by atoms with van der Waals surface area (Å²) in [6.45, 7) is 3.93. The Morgan fingerprint density at radius 3 is 2.11 bits per heavy atom. The fourth-order valence-corrected chi connectivity index (χ4v) is 3.23. The van der Waals surface area contributed by atoms with E-state index in [-0.39, 0.29) is 4.90 Å². The summed E-state index contributed by atoms with van der Waals surface area (Å²) in [6, 6.07) is 22.0. The van der Waals surface area contributed by atoms with Gasteiger partial charge in [0.15, 0.2) is 0 Å². The van der Waals surface area contributed by atoms with E-state index < -0.39 is 10.0 Å². The van der Waals surface area contributed by atoms with E-state index >= 15 is 0 Å². The molecule has 0 saturated heterocycles. The Kier molecular flexibility index (Phi) is 5.93. The second-order valence-electron chi connectivity index (χ2n) is 6.37. The topological polar surface area (TPSA) is 58.5 Å². The van der Waals surface area contributed by atoms with Crippen molar-refractivity contribution >= 4 is 16.2 Å². The zero-order valence-corrected chi connectivity index (χ0v) is 16.5. The molecule has 0 atom stereocenters. The van der Waals surface area contributed by atoms with Crippen molar-refractivity contribution in [1.29, 1.82) is 0 Å². The molecule has 4 nitrogen and oxygen atoms in total. The van der Waals surface area contributed by atoms with Gasteiger partial charge in [0.2, 0.25) is 0 Å². The number of nitrogens with zero attached hydrogens (tertiary/aromatic N) is 1. The van der Waals surface area contributed by atoms with Crippen LogP contribution in [0.25, 0.3) is 0 Å². The highest BCUT2D eigenvalue weighted by molar-refractivity contribution is 7.89. The maximum absolute atomic E-state index is 12.3.